The van der Waals surface area contributed by atoms with Gasteiger partial charge in [-0.25, -0.2) is 4.79 Å². The number of nitrogens with one attached hydrogen (secondary N) is 2. The Balaban J connectivity index is 1.69. The fourth-order valence-electron chi connectivity index (χ4n) is 1.98. The van der Waals surface area contributed by atoms with Gasteiger partial charge in [0.25, 0.3) is 0 Å². The average molecular weight is 349 g/mol. The normalized spacial score (nSPS) is 10.1. The van der Waals surface area contributed by atoms with Gasteiger partial charge in [-0.15, -0.1) is 0 Å². The number of carbonyl (C=O) groups is 1. The van der Waals surface area contributed by atoms with Gasteiger partial charge in [-0.2, -0.15) is 0 Å². The summed E-state index contributed by atoms with van der Waals surface area (Å²) in [6, 6.07) is 12.4. The second-order valence-corrected chi connectivity index (χ2v) is 5.50. The van der Waals surface area contributed by atoms with E-state index >= 15 is 0 Å². The lowest BCUT2D eigenvalue weighted by Gasteiger charge is -2.10. The number of aryl methyl sites for hydroxylation is 1. The topological polar surface area (TPSA) is 59.6 Å². The minimum absolute atomic E-state index is 0.301. The number of amides is 2. The number of halogens is 1. The number of benzene rings is 2. The van der Waals surface area contributed by atoms with E-state index in [4.69, 9.17) is 21.1 Å². The van der Waals surface area contributed by atoms with Crippen LogP contribution in [0.25, 0.3) is 0 Å². The van der Waals surface area contributed by atoms with Crippen molar-refractivity contribution in [2.75, 3.05) is 25.1 Å². The van der Waals surface area contributed by atoms with Gasteiger partial charge in [0.15, 0.2) is 0 Å². The van der Waals surface area contributed by atoms with Crippen molar-refractivity contribution in [2.24, 2.45) is 0 Å². The van der Waals surface area contributed by atoms with Crippen LogP contribution < -0.4 is 20.1 Å². The first kappa shape index (κ1) is 17.9. The fourth-order valence-corrected chi connectivity index (χ4v) is 2.16. The highest BCUT2D eigenvalue weighted by atomic mass is 35.5. The molecule has 0 saturated heterocycles. The molecule has 2 aromatic rings. The van der Waals surface area contributed by atoms with Crippen molar-refractivity contribution < 1.29 is 14.3 Å². The number of hydrogen-bond acceptors (Lipinski definition) is 3. The van der Waals surface area contributed by atoms with Gasteiger partial charge in [-0.3, -0.25) is 0 Å². The lowest BCUT2D eigenvalue weighted by molar-refractivity contribution is 0.247. The van der Waals surface area contributed by atoms with Crippen LogP contribution in [0.1, 0.15) is 12.5 Å². The first-order chi connectivity index (χ1) is 11.6. The summed E-state index contributed by atoms with van der Waals surface area (Å²) < 4.78 is 10.9. The predicted octanol–water partition coefficient (Wildman–Crippen LogP) is 4.25. The first-order valence-electron chi connectivity index (χ1n) is 7.75. The molecule has 0 aromatic heterocycles. The summed E-state index contributed by atoms with van der Waals surface area (Å²) in [6.45, 7) is 5.23. The summed E-state index contributed by atoms with van der Waals surface area (Å²) in [5.41, 5.74) is 1.61. The van der Waals surface area contributed by atoms with Crippen LogP contribution in [-0.2, 0) is 0 Å². The van der Waals surface area contributed by atoms with Gasteiger partial charge in [0, 0.05) is 10.7 Å². The maximum absolute atomic E-state index is 11.8. The molecule has 6 heteroatoms. The Morgan fingerprint density at radius 1 is 1.08 bits per heavy atom. The molecule has 2 amide bonds. The third kappa shape index (κ3) is 5.66. The van der Waals surface area contributed by atoms with E-state index in [1.807, 2.05) is 44.2 Å². The van der Waals surface area contributed by atoms with Crippen molar-refractivity contribution in [3.8, 4) is 11.5 Å². The molecule has 0 bridgehead atoms. The number of carbonyl (C=O) groups excluding carboxylic acids is 1. The molecule has 0 aliphatic carbocycles. The van der Waals surface area contributed by atoms with Gasteiger partial charge in [0.05, 0.1) is 13.2 Å². The summed E-state index contributed by atoms with van der Waals surface area (Å²) in [5.74, 6) is 1.53. The van der Waals surface area contributed by atoms with Crippen molar-refractivity contribution in [1.29, 1.82) is 0 Å². The van der Waals surface area contributed by atoms with E-state index in [-0.39, 0.29) is 6.03 Å². The molecule has 0 aliphatic heterocycles. The van der Waals surface area contributed by atoms with Gasteiger partial charge in [0.2, 0.25) is 0 Å². The zero-order valence-electron chi connectivity index (χ0n) is 13.8. The SMILES string of the molecule is CCOc1ccc(OCCNC(=O)Nc2ccc(C)c(Cl)c2)cc1. The van der Waals surface area contributed by atoms with Crippen molar-refractivity contribution in [3.05, 3.63) is 53.1 Å². The van der Waals surface area contributed by atoms with Crippen LogP contribution in [0.15, 0.2) is 42.5 Å². The van der Waals surface area contributed by atoms with Crippen LogP contribution in [0, 0.1) is 6.92 Å². The van der Waals surface area contributed by atoms with Crippen molar-refractivity contribution in [1.82, 2.24) is 5.32 Å². The number of ether oxygens (including phenoxy) is 2. The monoisotopic (exact) mass is 348 g/mol. The minimum Gasteiger partial charge on any atom is -0.494 e. The molecule has 0 spiro atoms. The van der Waals surface area contributed by atoms with E-state index in [0.29, 0.717) is 30.5 Å². The molecule has 2 rings (SSSR count). The quantitative estimate of drug-likeness (QED) is 0.735. The second-order valence-electron chi connectivity index (χ2n) is 5.10. The molecule has 5 nitrogen and oxygen atoms in total. The van der Waals surface area contributed by atoms with Gasteiger partial charge in [-0.05, 0) is 55.8 Å². The lowest BCUT2D eigenvalue weighted by atomic mass is 10.2. The van der Waals surface area contributed by atoms with E-state index in [1.54, 1.807) is 12.1 Å². The minimum atomic E-state index is -0.301. The Morgan fingerprint density at radius 3 is 2.38 bits per heavy atom. The Labute approximate surface area is 146 Å². The molecule has 24 heavy (non-hydrogen) atoms. The fraction of sp³-hybridized carbons (Fsp3) is 0.278. The third-order valence-corrected chi connectivity index (χ3v) is 3.63. The molecule has 128 valence electrons. The molecule has 2 aromatic carbocycles. The van der Waals surface area contributed by atoms with Crippen LogP contribution in [0.3, 0.4) is 0 Å². The maximum Gasteiger partial charge on any atom is 0.319 e. The highest BCUT2D eigenvalue weighted by Gasteiger charge is 2.03. The largest absolute Gasteiger partial charge is 0.494 e. The molecule has 0 unspecified atom stereocenters. The standard InChI is InChI=1S/C18H21ClN2O3/c1-3-23-15-6-8-16(9-7-15)24-11-10-20-18(22)21-14-5-4-13(2)17(19)12-14/h4-9,12H,3,10-11H2,1-2H3,(H2,20,21,22). The lowest BCUT2D eigenvalue weighted by Crippen LogP contribution is -2.32. The van der Waals surface area contributed by atoms with E-state index in [9.17, 15) is 4.79 Å². The molecule has 0 aliphatic rings. The van der Waals surface area contributed by atoms with Crippen molar-refractivity contribution >= 4 is 23.3 Å². The molecule has 0 radical (unpaired) electrons. The van der Waals surface area contributed by atoms with Crippen LogP contribution in [-0.4, -0.2) is 25.8 Å². The average Bonchev–Trinajstić information content (AvgIpc) is 2.57. The van der Waals surface area contributed by atoms with E-state index in [2.05, 4.69) is 10.6 Å². The van der Waals surface area contributed by atoms with Gasteiger partial charge in [0.1, 0.15) is 18.1 Å². The van der Waals surface area contributed by atoms with Gasteiger partial charge >= 0.3 is 6.03 Å². The van der Waals surface area contributed by atoms with Crippen LogP contribution in [0.2, 0.25) is 5.02 Å². The molecular formula is C18H21ClN2O3. The van der Waals surface area contributed by atoms with Gasteiger partial charge in [-0.1, -0.05) is 17.7 Å². The third-order valence-electron chi connectivity index (χ3n) is 3.22. The zero-order valence-corrected chi connectivity index (χ0v) is 14.5. The highest BCUT2D eigenvalue weighted by Crippen LogP contribution is 2.20. The molecule has 0 fully saturated rings. The van der Waals surface area contributed by atoms with Gasteiger partial charge < -0.3 is 20.1 Å². The highest BCUT2D eigenvalue weighted by molar-refractivity contribution is 6.31. The Morgan fingerprint density at radius 2 is 1.75 bits per heavy atom. The number of urea groups is 1. The summed E-state index contributed by atoms with van der Waals surface area (Å²) in [7, 11) is 0. The first-order valence-corrected chi connectivity index (χ1v) is 8.13. The smallest absolute Gasteiger partial charge is 0.319 e. The van der Waals surface area contributed by atoms with E-state index in [1.165, 1.54) is 0 Å². The summed E-state index contributed by atoms with van der Waals surface area (Å²) in [4.78, 5) is 11.8. The van der Waals surface area contributed by atoms with E-state index < -0.39 is 0 Å². The molecule has 0 saturated carbocycles. The Kier molecular flexibility index (Phi) is 6.75. The number of hydrogen-bond donors (Lipinski definition) is 2. The number of anilines is 1. The molecule has 0 atom stereocenters. The molecular weight excluding hydrogens is 328 g/mol. The van der Waals surface area contributed by atoms with Crippen molar-refractivity contribution in [3.63, 3.8) is 0 Å². The second kappa shape index (κ2) is 9.03. The Hall–Kier alpha value is -2.40. The molecule has 2 N–H and O–H groups in total. The summed E-state index contributed by atoms with van der Waals surface area (Å²) in [6.07, 6.45) is 0. The number of rotatable bonds is 7. The Bertz CT molecular complexity index is 674. The van der Waals surface area contributed by atoms with Crippen LogP contribution in [0.5, 0.6) is 11.5 Å². The van der Waals surface area contributed by atoms with E-state index in [0.717, 1.165) is 17.1 Å². The summed E-state index contributed by atoms with van der Waals surface area (Å²) in [5, 5.41) is 6.07. The summed E-state index contributed by atoms with van der Waals surface area (Å²) >= 11 is 6.02. The van der Waals surface area contributed by atoms with Crippen LogP contribution >= 0.6 is 11.6 Å². The van der Waals surface area contributed by atoms with Crippen LogP contribution in [0.4, 0.5) is 10.5 Å². The van der Waals surface area contributed by atoms with Crippen molar-refractivity contribution in [2.45, 2.75) is 13.8 Å². The predicted molar refractivity (Wildman–Crippen MR) is 96.3 cm³/mol. The molecule has 0 heterocycles. The maximum atomic E-state index is 11.8. The zero-order chi connectivity index (χ0) is 17.4.